The average Bonchev–Trinajstić information content (AvgIpc) is 2.57. The molecule has 0 spiro atoms. The predicted octanol–water partition coefficient (Wildman–Crippen LogP) is 6.63. The quantitative estimate of drug-likeness (QED) is 0.317. The first kappa shape index (κ1) is 22.5. The molecule has 2 nitrogen and oxygen atoms in total. The molecule has 0 aromatic rings. The van der Waals surface area contributed by atoms with Gasteiger partial charge in [0.05, 0.1) is 0 Å². The highest BCUT2D eigenvalue weighted by Crippen LogP contribution is 2.28. The fourth-order valence-corrected chi connectivity index (χ4v) is 3.29. The van der Waals surface area contributed by atoms with Crippen molar-refractivity contribution in [2.45, 2.75) is 117 Å². The van der Waals surface area contributed by atoms with Crippen LogP contribution in [0.5, 0.6) is 0 Å². The van der Waals surface area contributed by atoms with Crippen LogP contribution in [0.4, 0.5) is 0 Å². The van der Waals surface area contributed by atoms with E-state index in [9.17, 15) is 4.79 Å². The highest BCUT2D eigenvalue weighted by molar-refractivity contribution is 5.81. The number of rotatable bonds is 16. The summed E-state index contributed by atoms with van der Waals surface area (Å²) in [5.74, 6) is 0.207. The van der Waals surface area contributed by atoms with Crippen LogP contribution in [0.1, 0.15) is 117 Å². The Morgan fingerprint density at radius 3 is 1.48 bits per heavy atom. The molecule has 2 heteroatoms. The van der Waals surface area contributed by atoms with Gasteiger partial charge in [-0.15, -0.1) is 0 Å². The van der Waals surface area contributed by atoms with E-state index in [4.69, 9.17) is 0 Å². The molecule has 0 saturated heterocycles. The van der Waals surface area contributed by atoms with E-state index < -0.39 is 0 Å². The van der Waals surface area contributed by atoms with Gasteiger partial charge in [0.2, 0.25) is 5.91 Å². The zero-order valence-corrected chi connectivity index (χ0v) is 16.5. The molecule has 0 aliphatic heterocycles. The molecule has 1 N–H and O–H groups in total. The molecule has 0 heterocycles. The van der Waals surface area contributed by atoms with Crippen LogP contribution in [0.3, 0.4) is 0 Å². The van der Waals surface area contributed by atoms with Crippen molar-refractivity contribution in [3.8, 4) is 0 Å². The normalized spacial score (nSPS) is 13.7. The molecule has 0 rings (SSSR count). The lowest BCUT2D eigenvalue weighted by molar-refractivity contribution is -0.130. The van der Waals surface area contributed by atoms with Gasteiger partial charge in [-0.25, -0.2) is 0 Å². The van der Waals surface area contributed by atoms with Crippen molar-refractivity contribution >= 4 is 5.91 Å². The van der Waals surface area contributed by atoms with E-state index in [2.05, 4.69) is 26.1 Å². The van der Waals surface area contributed by atoms with Crippen molar-refractivity contribution in [2.24, 2.45) is 5.41 Å². The number of unbranched alkanes of at least 4 members (excludes halogenated alkanes) is 12. The van der Waals surface area contributed by atoms with Crippen LogP contribution >= 0.6 is 0 Å². The Morgan fingerprint density at radius 1 is 0.739 bits per heavy atom. The lowest BCUT2D eigenvalue weighted by Gasteiger charge is -2.26. The average molecular weight is 326 g/mol. The number of carbonyl (C=O) groups excluding carboxylic acids is 1. The summed E-state index contributed by atoms with van der Waals surface area (Å²) in [4.78, 5) is 11.9. The smallest absolute Gasteiger partial charge is 0.225 e. The van der Waals surface area contributed by atoms with E-state index in [1.165, 1.54) is 83.5 Å². The SMILES string of the molecule is CCCCCCCCCCCCCCCC(C)(CC)C(=O)NC. The molecule has 1 amide bonds. The Kier molecular flexibility index (Phi) is 14.7. The summed E-state index contributed by atoms with van der Waals surface area (Å²) in [6, 6.07) is 0. The first-order valence-corrected chi connectivity index (χ1v) is 10.3. The molecule has 0 aliphatic carbocycles. The van der Waals surface area contributed by atoms with E-state index >= 15 is 0 Å². The zero-order valence-electron chi connectivity index (χ0n) is 16.5. The van der Waals surface area contributed by atoms with Crippen LogP contribution in [-0.2, 0) is 4.79 Å². The molecular formula is C21H43NO. The van der Waals surface area contributed by atoms with Crippen molar-refractivity contribution in [1.29, 1.82) is 0 Å². The molecule has 23 heavy (non-hydrogen) atoms. The summed E-state index contributed by atoms with van der Waals surface area (Å²) in [5.41, 5.74) is -0.160. The molecular weight excluding hydrogens is 282 g/mol. The van der Waals surface area contributed by atoms with Crippen LogP contribution in [-0.4, -0.2) is 13.0 Å². The van der Waals surface area contributed by atoms with E-state index in [0.29, 0.717) is 0 Å². The molecule has 0 saturated carbocycles. The summed E-state index contributed by atoms with van der Waals surface area (Å²) in [6.07, 6.45) is 19.9. The van der Waals surface area contributed by atoms with Crippen molar-refractivity contribution in [3.63, 3.8) is 0 Å². The van der Waals surface area contributed by atoms with Gasteiger partial charge < -0.3 is 5.32 Å². The summed E-state index contributed by atoms with van der Waals surface area (Å²) >= 11 is 0. The Bertz CT molecular complexity index is 277. The lowest BCUT2D eigenvalue weighted by Crippen LogP contribution is -2.36. The van der Waals surface area contributed by atoms with Gasteiger partial charge in [-0.1, -0.05) is 104 Å². The van der Waals surface area contributed by atoms with E-state index in [-0.39, 0.29) is 11.3 Å². The summed E-state index contributed by atoms with van der Waals surface area (Å²) in [6.45, 7) is 6.51. The molecule has 0 aliphatic rings. The van der Waals surface area contributed by atoms with Crippen molar-refractivity contribution in [1.82, 2.24) is 5.32 Å². The minimum Gasteiger partial charge on any atom is -0.359 e. The molecule has 0 aromatic heterocycles. The van der Waals surface area contributed by atoms with Crippen molar-refractivity contribution < 1.29 is 4.79 Å². The predicted molar refractivity (Wildman–Crippen MR) is 103 cm³/mol. The van der Waals surface area contributed by atoms with E-state index in [1.807, 2.05) is 0 Å². The minimum absolute atomic E-state index is 0.160. The van der Waals surface area contributed by atoms with Crippen LogP contribution in [0.25, 0.3) is 0 Å². The Balaban J connectivity index is 3.38. The zero-order chi connectivity index (χ0) is 17.4. The van der Waals surface area contributed by atoms with Crippen LogP contribution < -0.4 is 5.32 Å². The highest BCUT2D eigenvalue weighted by Gasteiger charge is 2.29. The fraction of sp³-hybridized carbons (Fsp3) is 0.952. The number of hydrogen-bond acceptors (Lipinski definition) is 1. The largest absolute Gasteiger partial charge is 0.359 e. The maximum absolute atomic E-state index is 11.9. The number of hydrogen-bond donors (Lipinski definition) is 1. The van der Waals surface area contributed by atoms with Gasteiger partial charge in [0.1, 0.15) is 0 Å². The molecule has 0 fully saturated rings. The van der Waals surface area contributed by atoms with Gasteiger partial charge in [-0.05, 0) is 12.8 Å². The van der Waals surface area contributed by atoms with Crippen molar-refractivity contribution in [3.05, 3.63) is 0 Å². The fourth-order valence-electron chi connectivity index (χ4n) is 3.29. The molecule has 0 bridgehead atoms. The van der Waals surface area contributed by atoms with Crippen LogP contribution in [0.2, 0.25) is 0 Å². The van der Waals surface area contributed by atoms with Crippen LogP contribution in [0.15, 0.2) is 0 Å². The molecule has 0 aromatic carbocycles. The molecule has 1 unspecified atom stereocenters. The maximum atomic E-state index is 11.9. The summed E-state index contributed by atoms with van der Waals surface area (Å²) < 4.78 is 0. The third-order valence-corrected chi connectivity index (χ3v) is 5.39. The van der Waals surface area contributed by atoms with E-state index in [1.54, 1.807) is 7.05 Å². The Morgan fingerprint density at radius 2 is 1.13 bits per heavy atom. The second-order valence-electron chi connectivity index (χ2n) is 7.49. The van der Waals surface area contributed by atoms with Gasteiger partial charge in [-0.2, -0.15) is 0 Å². The lowest BCUT2D eigenvalue weighted by atomic mass is 9.81. The standard InChI is InChI=1S/C21H43NO/c1-5-7-8-9-10-11-12-13-14-15-16-17-18-19-21(3,6-2)20(23)22-4/h5-19H2,1-4H3,(H,22,23). The Labute approximate surface area is 146 Å². The molecule has 0 radical (unpaired) electrons. The summed E-state index contributed by atoms with van der Waals surface area (Å²) in [5, 5.41) is 2.81. The second-order valence-corrected chi connectivity index (χ2v) is 7.49. The number of nitrogens with one attached hydrogen (secondary N) is 1. The third-order valence-electron chi connectivity index (χ3n) is 5.39. The van der Waals surface area contributed by atoms with Gasteiger partial charge in [0.25, 0.3) is 0 Å². The molecule has 138 valence electrons. The number of carbonyl (C=O) groups is 1. The van der Waals surface area contributed by atoms with E-state index in [0.717, 1.165) is 12.8 Å². The van der Waals surface area contributed by atoms with Gasteiger partial charge in [-0.3, -0.25) is 4.79 Å². The third kappa shape index (κ3) is 11.6. The monoisotopic (exact) mass is 325 g/mol. The van der Waals surface area contributed by atoms with Crippen molar-refractivity contribution in [2.75, 3.05) is 7.05 Å². The molecule has 1 atom stereocenters. The first-order chi connectivity index (χ1) is 11.1. The van der Waals surface area contributed by atoms with Gasteiger partial charge >= 0.3 is 0 Å². The highest BCUT2D eigenvalue weighted by atomic mass is 16.2. The number of amides is 1. The van der Waals surface area contributed by atoms with Gasteiger partial charge in [0, 0.05) is 12.5 Å². The van der Waals surface area contributed by atoms with Crippen LogP contribution in [0, 0.1) is 5.41 Å². The minimum atomic E-state index is -0.160. The first-order valence-electron chi connectivity index (χ1n) is 10.3. The second kappa shape index (κ2) is 15.0. The van der Waals surface area contributed by atoms with Gasteiger partial charge in [0.15, 0.2) is 0 Å². The summed E-state index contributed by atoms with van der Waals surface area (Å²) in [7, 11) is 1.75. The Hall–Kier alpha value is -0.530. The maximum Gasteiger partial charge on any atom is 0.225 e. The topological polar surface area (TPSA) is 29.1 Å².